The SMILES string of the molecule is O=C(O)c1ccc(-c2ccc(Br)s2)nn1. The molecule has 2 rings (SSSR count). The van der Waals surface area contributed by atoms with Crippen LogP contribution >= 0.6 is 27.3 Å². The largest absolute Gasteiger partial charge is 0.476 e. The zero-order valence-electron chi connectivity index (χ0n) is 7.35. The van der Waals surface area contributed by atoms with Gasteiger partial charge in [-0.1, -0.05) is 0 Å². The Morgan fingerprint density at radius 2 is 2.07 bits per heavy atom. The van der Waals surface area contributed by atoms with Gasteiger partial charge in [-0.2, -0.15) is 0 Å². The Morgan fingerprint density at radius 3 is 2.53 bits per heavy atom. The van der Waals surface area contributed by atoms with E-state index in [1.165, 1.54) is 17.4 Å². The molecule has 6 heteroatoms. The second-order valence-corrected chi connectivity index (χ2v) is 5.18. The summed E-state index contributed by atoms with van der Waals surface area (Å²) >= 11 is 4.87. The van der Waals surface area contributed by atoms with E-state index in [4.69, 9.17) is 5.11 Å². The Morgan fingerprint density at radius 1 is 1.27 bits per heavy atom. The van der Waals surface area contributed by atoms with Crippen LogP contribution in [0.15, 0.2) is 28.1 Å². The monoisotopic (exact) mass is 284 g/mol. The number of hydrogen-bond acceptors (Lipinski definition) is 4. The fraction of sp³-hybridized carbons (Fsp3) is 0. The number of aromatic carboxylic acids is 1. The minimum Gasteiger partial charge on any atom is -0.476 e. The number of thiophene rings is 1. The Bertz CT molecular complexity index is 495. The van der Waals surface area contributed by atoms with Crippen molar-refractivity contribution in [3.8, 4) is 10.6 Å². The van der Waals surface area contributed by atoms with Crippen LogP contribution in [0.3, 0.4) is 0 Å². The third-order valence-electron chi connectivity index (χ3n) is 1.71. The molecule has 2 heterocycles. The number of carbonyl (C=O) groups is 1. The Kier molecular flexibility index (Phi) is 2.79. The van der Waals surface area contributed by atoms with Crippen molar-refractivity contribution in [1.29, 1.82) is 0 Å². The van der Waals surface area contributed by atoms with Crippen molar-refractivity contribution in [2.45, 2.75) is 0 Å². The van der Waals surface area contributed by atoms with Crippen LogP contribution in [-0.4, -0.2) is 21.3 Å². The summed E-state index contributed by atoms with van der Waals surface area (Å²) in [4.78, 5) is 11.5. The topological polar surface area (TPSA) is 63.1 Å². The molecule has 76 valence electrons. The maximum Gasteiger partial charge on any atom is 0.356 e. The van der Waals surface area contributed by atoms with E-state index in [0.29, 0.717) is 5.69 Å². The summed E-state index contributed by atoms with van der Waals surface area (Å²) in [6.07, 6.45) is 0. The normalized spacial score (nSPS) is 10.2. The molecule has 0 aliphatic heterocycles. The van der Waals surface area contributed by atoms with Crippen molar-refractivity contribution in [1.82, 2.24) is 10.2 Å². The molecule has 0 unspecified atom stereocenters. The molecular formula is C9H5BrN2O2S. The Labute approximate surface area is 97.7 Å². The van der Waals surface area contributed by atoms with Gasteiger partial charge in [-0.05, 0) is 40.2 Å². The van der Waals surface area contributed by atoms with Crippen molar-refractivity contribution < 1.29 is 9.90 Å². The molecule has 0 fully saturated rings. The van der Waals surface area contributed by atoms with E-state index in [1.54, 1.807) is 6.07 Å². The number of aromatic nitrogens is 2. The van der Waals surface area contributed by atoms with Gasteiger partial charge in [0.25, 0.3) is 0 Å². The predicted octanol–water partition coefficient (Wildman–Crippen LogP) is 2.67. The van der Waals surface area contributed by atoms with Gasteiger partial charge in [0.2, 0.25) is 0 Å². The van der Waals surface area contributed by atoms with Crippen LogP contribution in [0.1, 0.15) is 10.5 Å². The van der Waals surface area contributed by atoms with E-state index < -0.39 is 5.97 Å². The molecule has 0 atom stereocenters. The van der Waals surface area contributed by atoms with Gasteiger partial charge in [0.15, 0.2) is 5.69 Å². The molecule has 0 amide bonds. The summed E-state index contributed by atoms with van der Waals surface area (Å²) in [7, 11) is 0. The summed E-state index contributed by atoms with van der Waals surface area (Å²) in [5.74, 6) is -1.07. The molecule has 1 N–H and O–H groups in total. The van der Waals surface area contributed by atoms with Gasteiger partial charge in [-0.3, -0.25) is 0 Å². The predicted molar refractivity (Wildman–Crippen MR) is 60.0 cm³/mol. The van der Waals surface area contributed by atoms with Crippen LogP contribution in [0.5, 0.6) is 0 Å². The van der Waals surface area contributed by atoms with Crippen molar-refractivity contribution in [3.05, 3.63) is 33.7 Å². The van der Waals surface area contributed by atoms with Gasteiger partial charge in [0.1, 0.15) is 5.69 Å². The molecule has 0 radical (unpaired) electrons. The van der Waals surface area contributed by atoms with Crippen LogP contribution in [0.25, 0.3) is 10.6 Å². The van der Waals surface area contributed by atoms with Gasteiger partial charge in [0.05, 0.1) is 8.66 Å². The highest BCUT2D eigenvalue weighted by atomic mass is 79.9. The second kappa shape index (κ2) is 4.08. The minimum atomic E-state index is -1.07. The number of hydrogen-bond donors (Lipinski definition) is 1. The van der Waals surface area contributed by atoms with Crippen molar-refractivity contribution in [2.24, 2.45) is 0 Å². The fourth-order valence-electron chi connectivity index (χ4n) is 1.03. The first kappa shape index (κ1) is 10.3. The summed E-state index contributed by atoms with van der Waals surface area (Å²) in [5, 5.41) is 16.1. The first-order valence-electron chi connectivity index (χ1n) is 3.99. The Balaban J connectivity index is 2.35. The third kappa shape index (κ3) is 2.21. The van der Waals surface area contributed by atoms with Gasteiger partial charge >= 0.3 is 5.97 Å². The molecule has 0 spiro atoms. The molecule has 4 nitrogen and oxygen atoms in total. The molecule has 2 aromatic heterocycles. The molecule has 0 saturated heterocycles. The van der Waals surface area contributed by atoms with Gasteiger partial charge < -0.3 is 5.11 Å². The lowest BCUT2D eigenvalue weighted by Gasteiger charge is -1.95. The van der Waals surface area contributed by atoms with Crippen LogP contribution in [-0.2, 0) is 0 Å². The van der Waals surface area contributed by atoms with Crippen molar-refractivity contribution in [3.63, 3.8) is 0 Å². The summed E-state index contributed by atoms with van der Waals surface area (Å²) in [6.45, 7) is 0. The van der Waals surface area contributed by atoms with Crippen LogP contribution in [0, 0.1) is 0 Å². The second-order valence-electron chi connectivity index (χ2n) is 2.71. The number of rotatable bonds is 2. The fourth-order valence-corrected chi connectivity index (χ4v) is 2.38. The van der Waals surface area contributed by atoms with Crippen LogP contribution in [0.2, 0.25) is 0 Å². The van der Waals surface area contributed by atoms with Crippen molar-refractivity contribution >= 4 is 33.2 Å². The van der Waals surface area contributed by atoms with Crippen LogP contribution in [0.4, 0.5) is 0 Å². The molecule has 0 aliphatic carbocycles. The maximum atomic E-state index is 10.5. The summed E-state index contributed by atoms with van der Waals surface area (Å²) in [5.41, 5.74) is 0.630. The van der Waals surface area contributed by atoms with Crippen molar-refractivity contribution in [2.75, 3.05) is 0 Å². The maximum absolute atomic E-state index is 10.5. The highest BCUT2D eigenvalue weighted by Gasteiger charge is 2.07. The summed E-state index contributed by atoms with van der Waals surface area (Å²) < 4.78 is 1.00. The molecule has 15 heavy (non-hydrogen) atoms. The van der Waals surface area contributed by atoms with E-state index in [0.717, 1.165) is 8.66 Å². The molecule has 0 aromatic carbocycles. The zero-order valence-corrected chi connectivity index (χ0v) is 9.75. The molecule has 0 aliphatic rings. The van der Waals surface area contributed by atoms with E-state index >= 15 is 0 Å². The zero-order chi connectivity index (χ0) is 10.8. The minimum absolute atomic E-state index is 0.0469. The van der Waals surface area contributed by atoms with E-state index in [2.05, 4.69) is 26.1 Å². The third-order valence-corrected chi connectivity index (χ3v) is 3.36. The number of carboxylic acids is 1. The lowest BCUT2D eigenvalue weighted by Crippen LogP contribution is -2.01. The molecule has 0 saturated carbocycles. The van der Waals surface area contributed by atoms with E-state index in [-0.39, 0.29) is 5.69 Å². The Hall–Kier alpha value is -1.27. The summed E-state index contributed by atoms with van der Waals surface area (Å²) in [6, 6.07) is 6.90. The average Bonchev–Trinajstić information content (AvgIpc) is 2.65. The average molecular weight is 285 g/mol. The highest BCUT2D eigenvalue weighted by Crippen LogP contribution is 2.29. The van der Waals surface area contributed by atoms with E-state index in [1.807, 2.05) is 12.1 Å². The number of carboxylic acid groups (broad SMARTS) is 1. The molecule has 0 bridgehead atoms. The number of halogens is 1. The van der Waals surface area contributed by atoms with E-state index in [9.17, 15) is 4.79 Å². The van der Waals surface area contributed by atoms with Crippen LogP contribution < -0.4 is 0 Å². The van der Waals surface area contributed by atoms with Gasteiger partial charge in [0, 0.05) is 0 Å². The highest BCUT2D eigenvalue weighted by molar-refractivity contribution is 9.11. The lowest BCUT2D eigenvalue weighted by molar-refractivity contribution is 0.0689. The first-order chi connectivity index (χ1) is 7.16. The lowest BCUT2D eigenvalue weighted by atomic mass is 10.3. The quantitative estimate of drug-likeness (QED) is 0.921. The molecular weight excluding hydrogens is 280 g/mol. The van der Waals surface area contributed by atoms with Gasteiger partial charge in [-0.25, -0.2) is 4.79 Å². The first-order valence-corrected chi connectivity index (χ1v) is 5.60. The number of nitrogens with zero attached hydrogens (tertiary/aromatic N) is 2. The standard InChI is InChI=1S/C9H5BrN2O2S/c10-8-4-3-7(15-8)5-1-2-6(9(13)14)12-11-5/h1-4H,(H,13,14). The van der Waals surface area contributed by atoms with Gasteiger partial charge in [-0.15, -0.1) is 21.5 Å². The molecule has 2 aromatic rings. The smallest absolute Gasteiger partial charge is 0.356 e.